The molecular formula is C39H76NO8P. The Hall–Kier alpha value is -1.25. The molecule has 0 bridgehead atoms. The molecule has 0 aromatic heterocycles. The summed E-state index contributed by atoms with van der Waals surface area (Å²) < 4.78 is 26.8. The van der Waals surface area contributed by atoms with E-state index in [2.05, 4.69) is 31.3 Å². The molecule has 49 heavy (non-hydrogen) atoms. The highest BCUT2D eigenvalue weighted by Crippen LogP contribution is 2.42. The van der Waals surface area contributed by atoms with Gasteiger partial charge in [0.2, 0.25) is 5.91 Å². The molecule has 0 aliphatic heterocycles. The lowest BCUT2D eigenvalue weighted by Gasteiger charge is -2.15. The van der Waals surface area contributed by atoms with E-state index in [1.54, 1.807) is 0 Å². The second-order valence-corrected chi connectivity index (χ2v) is 15.1. The Labute approximate surface area is 300 Å². The summed E-state index contributed by atoms with van der Waals surface area (Å²) in [6.07, 6.45) is 35.6. The van der Waals surface area contributed by atoms with Gasteiger partial charge in [0.15, 0.2) is 0 Å². The van der Waals surface area contributed by atoms with Crippen molar-refractivity contribution in [3.05, 3.63) is 12.2 Å². The molecule has 0 spiro atoms. The number of aliphatic hydroxyl groups excluding tert-OH is 1. The number of hydrogen-bond donors (Lipinski definition) is 3. The summed E-state index contributed by atoms with van der Waals surface area (Å²) in [5.74, 6) is -0.519. The van der Waals surface area contributed by atoms with Gasteiger partial charge in [-0.1, -0.05) is 154 Å². The number of carbonyl (C=O) groups excluding carboxylic acids is 2. The van der Waals surface area contributed by atoms with Gasteiger partial charge in [-0.05, 0) is 38.5 Å². The van der Waals surface area contributed by atoms with Gasteiger partial charge < -0.3 is 20.1 Å². The first kappa shape index (κ1) is 47.8. The number of phosphoric acid groups is 1. The predicted octanol–water partition coefficient (Wildman–Crippen LogP) is 10.7. The summed E-state index contributed by atoms with van der Waals surface area (Å²) in [6, 6.07) is 0. The molecule has 0 aromatic carbocycles. The summed E-state index contributed by atoms with van der Waals surface area (Å²) in [6.45, 7) is 3.55. The van der Waals surface area contributed by atoms with Crippen LogP contribution < -0.4 is 5.32 Å². The smallest absolute Gasteiger partial charge is 0.463 e. The summed E-state index contributed by atoms with van der Waals surface area (Å²) in [4.78, 5) is 33.8. The van der Waals surface area contributed by atoms with E-state index in [-0.39, 0.29) is 32.1 Å². The minimum absolute atomic E-state index is 0.0850. The molecule has 0 fully saturated rings. The number of rotatable bonds is 38. The number of hydrogen-bond acceptors (Lipinski definition) is 7. The fraction of sp³-hybridized carbons (Fsp3) is 0.897. The van der Waals surface area contributed by atoms with Crippen molar-refractivity contribution in [1.82, 2.24) is 5.32 Å². The minimum Gasteiger partial charge on any atom is -0.463 e. The molecule has 0 radical (unpaired) electrons. The molecule has 1 amide bonds. The van der Waals surface area contributed by atoms with Crippen LogP contribution >= 0.6 is 7.82 Å². The number of nitrogens with one attached hydrogen (secondary N) is 1. The van der Waals surface area contributed by atoms with Gasteiger partial charge in [-0.25, -0.2) is 4.57 Å². The summed E-state index contributed by atoms with van der Waals surface area (Å²) >= 11 is 0. The second-order valence-electron chi connectivity index (χ2n) is 13.6. The third-order valence-corrected chi connectivity index (χ3v) is 9.68. The van der Waals surface area contributed by atoms with Gasteiger partial charge >= 0.3 is 13.8 Å². The highest BCUT2D eigenvalue weighted by molar-refractivity contribution is 7.47. The number of amides is 1. The van der Waals surface area contributed by atoms with Crippen molar-refractivity contribution >= 4 is 19.7 Å². The van der Waals surface area contributed by atoms with Crippen molar-refractivity contribution in [2.75, 3.05) is 26.4 Å². The first-order chi connectivity index (χ1) is 23.8. The lowest BCUT2D eigenvalue weighted by Crippen LogP contribution is -2.27. The van der Waals surface area contributed by atoms with Crippen LogP contribution in [-0.2, 0) is 27.9 Å². The molecule has 0 saturated heterocycles. The topological polar surface area (TPSA) is 131 Å². The molecule has 2 atom stereocenters. The monoisotopic (exact) mass is 718 g/mol. The van der Waals surface area contributed by atoms with Crippen molar-refractivity contribution in [1.29, 1.82) is 0 Å². The van der Waals surface area contributed by atoms with Gasteiger partial charge in [-0.2, -0.15) is 0 Å². The van der Waals surface area contributed by atoms with Gasteiger partial charge in [-0.15, -0.1) is 0 Å². The maximum Gasteiger partial charge on any atom is 0.472 e. The van der Waals surface area contributed by atoms with Crippen molar-refractivity contribution in [3.63, 3.8) is 0 Å². The van der Waals surface area contributed by atoms with Crippen molar-refractivity contribution in [2.45, 2.75) is 200 Å². The third kappa shape index (κ3) is 37.8. The number of phosphoric ester groups is 1. The molecule has 9 nitrogen and oxygen atoms in total. The maximum absolute atomic E-state index is 12.1. The van der Waals surface area contributed by atoms with Gasteiger partial charge in [0.25, 0.3) is 0 Å². The lowest BCUT2D eigenvalue weighted by molar-refractivity contribution is -0.147. The highest BCUT2D eigenvalue weighted by Gasteiger charge is 2.23. The molecule has 0 rings (SSSR count). The number of allylic oxidation sites excluding steroid dienone is 2. The SMILES string of the molecule is CCCCCCCC/C=C\CCCCCCCC(=O)OCC(O)COP(=O)(O)OCCNC(=O)CCCCCCCCCCCCCCC. The zero-order valence-corrected chi connectivity index (χ0v) is 32.5. The largest absolute Gasteiger partial charge is 0.472 e. The van der Waals surface area contributed by atoms with E-state index < -0.39 is 26.5 Å². The zero-order valence-electron chi connectivity index (χ0n) is 31.7. The van der Waals surface area contributed by atoms with Gasteiger partial charge in [-0.3, -0.25) is 18.6 Å². The van der Waals surface area contributed by atoms with Gasteiger partial charge in [0.05, 0.1) is 13.2 Å². The molecule has 3 N–H and O–H groups in total. The molecule has 10 heteroatoms. The van der Waals surface area contributed by atoms with Crippen molar-refractivity contribution in [3.8, 4) is 0 Å². The van der Waals surface area contributed by atoms with Crippen LogP contribution in [0.15, 0.2) is 12.2 Å². The maximum atomic E-state index is 12.1. The molecule has 0 aromatic rings. The molecular weight excluding hydrogens is 641 g/mol. The number of ether oxygens (including phenoxy) is 1. The van der Waals surface area contributed by atoms with Crippen molar-refractivity contribution < 1.29 is 37.9 Å². The van der Waals surface area contributed by atoms with Crippen LogP contribution in [0.4, 0.5) is 0 Å². The fourth-order valence-corrected chi connectivity index (χ4v) is 6.37. The number of aliphatic hydroxyl groups is 1. The van der Waals surface area contributed by atoms with E-state index in [0.29, 0.717) is 6.42 Å². The average molecular weight is 718 g/mol. The standard InChI is InChI=1S/C39H76NO8P/c1-3-5-7-9-11-13-15-17-18-20-22-24-26-28-30-32-39(43)46-35-37(41)36-48-49(44,45)47-34-33-40-38(42)31-29-27-25-23-21-19-16-14-12-10-8-6-4-2/h17-18,37,41H,3-16,19-36H2,1-2H3,(H,40,42)(H,44,45)/b18-17-. The molecule has 0 aliphatic rings. The Bertz CT molecular complexity index is 825. The van der Waals surface area contributed by atoms with Crippen LogP contribution in [0.5, 0.6) is 0 Å². The summed E-state index contributed by atoms with van der Waals surface area (Å²) in [7, 11) is -4.41. The van der Waals surface area contributed by atoms with E-state index >= 15 is 0 Å². The Morgan fingerprint density at radius 1 is 0.612 bits per heavy atom. The van der Waals surface area contributed by atoms with Crippen LogP contribution in [0.3, 0.4) is 0 Å². The Morgan fingerprint density at radius 3 is 1.53 bits per heavy atom. The Balaban J connectivity index is 3.61. The molecule has 2 unspecified atom stereocenters. The zero-order chi connectivity index (χ0) is 36.1. The van der Waals surface area contributed by atoms with Crippen LogP contribution in [-0.4, -0.2) is 54.3 Å². The second kappa shape index (κ2) is 36.5. The third-order valence-electron chi connectivity index (χ3n) is 8.70. The Kier molecular flexibility index (Phi) is 35.6. The highest BCUT2D eigenvalue weighted by atomic mass is 31.2. The van der Waals surface area contributed by atoms with Crippen LogP contribution in [0.1, 0.15) is 194 Å². The van der Waals surface area contributed by atoms with Crippen molar-refractivity contribution in [2.24, 2.45) is 0 Å². The van der Waals surface area contributed by atoms with Gasteiger partial charge in [0.1, 0.15) is 12.7 Å². The van der Waals surface area contributed by atoms with E-state index in [4.69, 9.17) is 13.8 Å². The minimum atomic E-state index is -4.41. The summed E-state index contributed by atoms with van der Waals surface area (Å²) in [5, 5.41) is 12.7. The average Bonchev–Trinajstić information content (AvgIpc) is 3.08. The Morgan fingerprint density at radius 2 is 1.04 bits per heavy atom. The first-order valence-electron chi connectivity index (χ1n) is 20.2. The molecule has 0 heterocycles. The molecule has 0 saturated carbocycles. The number of esters is 1. The van der Waals surface area contributed by atoms with Crippen LogP contribution in [0.2, 0.25) is 0 Å². The predicted molar refractivity (Wildman–Crippen MR) is 201 cm³/mol. The fourth-order valence-electron chi connectivity index (χ4n) is 5.61. The quantitative estimate of drug-likeness (QED) is 0.0249. The van der Waals surface area contributed by atoms with E-state index in [9.17, 15) is 24.2 Å². The molecule has 290 valence electrons. The van der Waals surface area contributed by atoms with Crippen LogP contribution in [0, 0.1) is 0 Å². The summed E-state index contributed by atoms with van der Waals surface area (Å²) in [5.41, 5.74) is 0. The normalized spacial score (nSPS) is 13.5. The van der Waals surface area contributed by atoms with E-state index in [1.807, 2.05) is 0 Å². The first-order valence-corrected chi connectivity index (χ1v) is 21.7. The van der Waals surface area contributed by atoms with Crippen LogP contribution in [0.25, 0.3) is 0 Å². The molecule has 0 aliphatic carbocycles. The van der Waals surface area contributed by atoms with E-state index in [0.717, 1.165) is 57.8 Å². The lowest BCUT2D eigenvalue weighted by atomic mass is 10.0. The number of unbranched alkanes of at least 4 members (excludes halogenated alkanes) is 23. The van der Waals surface area contributed by atoms with Gasteiger partial charge in [0, 0.05) is 19.4 Å². The number of carbonyl (C=O) groups is 2. The van der Waals surface area contributed by atoms with E-state index in [1.165, 1.54) is 109 Å².